The van der Waals surface area contributed by atoms with Gasteiger partial charge in [0.1, 0.15) is 5.71 Å². The van der Waals surface area contributed by atoms with Gasteiger partial charge in [0.15, 0.2) is 6.61 Å². The number of hydrazone groups is 1. The van der Waals surface area contributed by atoms with Crippen molar-refractivity contribution in [1.82, 2.24) is 5.01 Å². The van der Waals surface area contributed by atoms with E-state index in [9.17, 15) is 14.4 Å². The average molecular weight is 358 g/mol. The van der Waals surface area contributed by atoms with E-state index in [2.05, 4.69) is 10.4 Å². The van der Waals surface area contributed by atoms with Crippen LogP contribution in [0, 0.1) is 0 Å². The second-order valence-electron chi connectivity index (χ2n) is 4.71. The Balaban J connectivity index is 1.89. The number of rotatable bonds is 4. The minimum atomic E-state index is -0.739. The molecule has 0 bridgehead atoms. The highest BCUT2D eigenvalue weighted by molar-refractivity contribution is 6.37. The first-order valence-corrected chi connectivity index (χ1v) is 7.38. The van der Waals surface area contributed by atoms with E-state index >= 15 is 0 Å². The van der Waals surface area contributed by atoms with Crippen LogP contribution < -0.4 is 5.32 Å². The van der Waals surface area contributed by atoms with Crippen molar-refractivity contribution in [2.45, 2.75) is 12.8 Å². The minimum Gasteiger partial charge on any atom is -0.451 e. The summed E-state index contributed by atoms with van der Waals surface area (Å²) in [6, 6.07) is 4.60. The van der Waals surface area contributed by atoms with Gasteiger partial charge < -0.3 is 10.1 Å². The summed E-state index contributed by atoms with van der Waals surface area (Å²) in [6.07, 6.45) is 0.360. The molecule has 2 amide bonds. The monoisotopic (exact) mass is 357 g/mol. The third kappa shape index (κ3) is 4.67. The molecule has 0 saturated heterocycles. The fourth-order valence-electron chi connectivity index (χ4n) is 1.81. The molecule has 1 heterocycles. The van der Waals surface area contributed by atoms with Crippen molar-refractivity contribution in [2.24, 2.45) is 5.10 Å². The Morgan fingerprint density at radius 3 is 2.78 bits per heavy atom. The molecule has 1 N–H and O–H groups in total. The van der Waals surface area contributed by atoms with Crippen molar-refractivity contribution < 1.29 is 19.1 Å². The number of benzene rings is 1. The van der Waals surface area contributed by atoms with Crippen molar-refractivity contribution in [1.29, 1.82) is 0 Å². The average Bonchev–Trinajstić information content (AvgIpc) is 2.51. The fraction of sp³-hybridized carbons (Fsp3) is 0.286. The molecule has 1 aliphatic heterocycles. The standard InChI is InChI=1S/C14H13Cl2N3O4/c1-19-13(21)5-4-10(18-19)14(22)23-7-12(20)17-11-6-8(15)2-3-9(11)16/h2-3,6H,4-5,7H2,1H3,(H,17,20). The molecule has 1 aromatic rings. The Labute approximate surface area is 142 Å². The summed E-state index contributed by atoms with van der Waals surface area (Å²) in [4.78, 5) is 34.9. The van der Waals surface area contributed by atoms with Gasteiger partial charge in [-0.15, -0.1) is 0 Å². The second kappa shape index (κ2) is 7.43. The number of nitrogens with zero attached hydrogens (tertiary/aromatic N) is 2. The molecule has 1 aliphatic rings. The molecule has 0 fully saturated rings. The summed E-state index contributed by atoms with van der Waals surface area (Å²) in [5, 5.41) is 8.09. The molecule has 0 aliphatic carbocycles. The Kier molecular flexibility index (Phi) is 5.57. The molecule has 0 unspecified atom stereocenters. The van der Waals surface area contributed by atoms with Gasteiger partial charge in [-0.1, -0.05) is 23.2 Å². The Morgan fingerprint density at radius 2 is 2.09 bits per heavy atom. The van der Waals surface area contributed by atoms with Gasteiger partial charge in [0.05, 0.1) is 10.7 Å². The highest BCUT2D eigenvalue weighted by Gasteiger charge is 2.23. The first-order chi connectivity index (χ1) is 10.9. The molecule has 7 nitrogen and oxygen atoms in total. The summed E-state index contributed by atoms with van der Waals surface area (Å²) in [7, 11) is 1.45. The molecular formula is C14H13Cl2N3O4. The number of carbonyl (C=O) groups is 3. The first-order valence-electron chi connectivity index (χ1n) is 6.63. The van der Waals surface area contributed by atoms with E-state index in [-0.39, 0.29) is 24.5 Å². The lowest BCUT2D eigenvalue weighted by molar-refractivity contribution is -0.141. The summed E-state index contributed by atoms with van der Waals surface area (Å²) in [5.74, 6) is -1.49. The largest absolute Gasteiger partial charge is 0.451 e. The number of esters is 1. The molecule has 0 radical (unpaired) electrons. The molecular weight excluding hydrogens is 345 g/mol. The van der Waals surface area contributed by atoms with Crippen LogP contribution in [0.15, 0.2) is 23.3 Å². The maximum absolute atomic E-state index is 11.8. The number of anilines is 1. The van der Waals surface area contributed by atoms with Gasteiger partial charge in [-0.2, -0.15) is 5.10 Å². The lowest BCUT2D eigenvalue weighted by Crippen LogP contribution is -2.33. The van der Waals surface area contributed by atoms with Gasteiger partial charge in [-0.25, -0.2) is 9.80 Å². The van der Waals surface area contributed by atoms with Crippen LogP contribution in [0.2, 0.25) is 10.0 Å². The van der Waals surface area contributed by atoms with Crippen LogP contribution in [0.25, 0.3) is 0 Å². The first kappa shape index (κ1) is 17.2. The van der Waals surface area contributed by atoms with Crippen molar-refractivity contribution in [3.05, 3.63) is 28.2 Å². The van der Waals surface area contributed by atoms with Crippen molar-refractivity contribution >= 4 is 52.4 Å². The third-order valence-electron chi connectivity index (χ3n) is 2.98. The van der Waals surface area contributed by atoms with Crippen LogP contribution in [0.5, 0.6) is 0 Å². The van der Waals surface area contributed by atoms with Gasteiger partial charge in [-0.05, 0) is 18.2 Å². The van der Waals surface area contributed by atoms with Crippen LogP contribution in [0.1, 0.15) is 12.8 Å². The van der Waals surface area contributed by atoms with Crippen molar-refractivity contribution in [3.63, 3.8) is 0 Å². The van der Waals surface area contributed by atoms with E-state index in [1.807, 2.05) is 0 Å². The lowest BCUT2D eigenvalue weighted by atomic mass is 10.2. The van der Waals surface area contributed by atoms with Crippen LogP contribution in [0.3, 0.4) is 0 Å². The Bertz CT molecular complexity index is 691. The summed E-state index contributed by atoms with van der Waals surface area (Å²) < 4.78 is 4.87. The number of nitrogens with one attached hydrogen (secondary N) is 1. The normalized spacial score (nSPS) is 14.3. The fourth-order valence-corrected chi connectivity index (χ4v) is 2.15. The molecule has 1 aromatic carbocycles. The van der Waals surface area contributed by atoms with E-state index in [4.69, 9.17) is 27.9 Å². The smallest absolute Gasteiger partial charge is 0.355 e. The van der Waals surface area contributed by atoms with E-state index in [1.54, 1.807) is 6.07 Å². The maximum atomic E-state index is 11.8. The molecule has 2 rings (SSSR count). The third-order valence-corrected chi connectivity index (χ3v) is 3.54. The van der Waals surface area contributed by atoms with Crippen molar-refractivity contribution in [2.75, 3.05) is 19.0 Å². The number of amides is 2. The Morgan fingerprint density at radius 1 is 1.35 bits per heavy atom. The highest BCUT2D eigenvalue weighted by Crippen LogP contribution is 2.25. The number of carbonyl (C=O) groups excluding carboxylic acids is 3. The molecule has 23 heavy (non-hydrogen) atoms. The van der Waals surface area contributed by atoms with Crippen LogP contribution in [-0.4, -0.2) is 42.2 Å². The summed E-state index contributed by atoms with van der Waals surface area (Å²) >= 11 is 11.7. The lowest BCUT2D eigenvalue weighted by Gasteiger charge is -2.18. The summed E-state index contributed by atoms with van der Waals surface area (Å²) in [5.41, 5.74) is 0.418. The zero-order chi connectivity index (χ0) is 17.0. The van der Waals surface area contributed by atoms with Crippen LogP contribution in [-0.2, 0) is 19.1 Å². The number of hydrogen-bond donors (Lipinski definition) is 1. The predicted molar refractivity (Wildman–Crippen MR) is 85.5 cm³/mol. The summed E-state index contributed by atoms with van der Waals surface area (Å²) in [6.45, 7) is -0.502. The Hall–Kier alpha value is -2.12. The predicted octanol–water partition coefficient (Wildman–Crippen LogP) is 2.08. The quantitative estimate of drug-likeness (QED) is 0.835. The van der Waals surface area contributed by atoms with E-state index < -0.39 is 18.5 Å². The van der Waals surface area contributed by atoms with Gasteiger partial charge in [0.2, 0.25) is 5.91 Å². The molecule has 0 spiro atoms. The van der Waals surface area contributed by atoms with Crippen LogP contribution >= 0.6 is 23.2 Å². The molecule has 0 atom stereocenters. The number of ether oxygens (including phenoxy) is 1. The molecule has 122 valence electrons. The SMILES string of the molecule is CN1N=C(C(=O)OCC(=O)Nc2cc(Cl)ccc2Cl)CCC1=O. The molecule has 9 heteroatoms. The second-order valence-corrected chi connectivity index (χ2v) is 5.56. The van der Waals surface area contributed by atoms with E-state index in [0.717, 1.165) is 5.01 Å². The number of halogens is 2. The van der Waals surface area contributed by atoms with Crippen molar-refractivity contribution in [3.8, 4) is 0 Å². The molecule has 0 aromatic heterocycles. The van der Waals surface area contributed by atoms with Gasteiger partial charge in [0.25, 0.3) is 5.91 Å². The maximum Gasteiger partial charge on any atom is 0.355 e. The highest BCUT2D eigenvalue weighted by atomic mass is 35.5. The molecule has 0 saturated carbocycles. The van der Waals surface area contributed by atoms with Gasteiger partial charge >= 0.3 is 5.97 Å². The zero-order valence-corrected chi connectivity index (χ0v) is 13.6. The van der Waals surface area contributed by atoms with E-state index in [1.165, 1.54) is 19.2 Å². The van der Waals surface area contributed by atoms with Gasteiger partial charge in [-0.3, -0.25) is 9.59 Å². The van der Waals surface area contributed by atoms with E-state index in [0.29, 0.717) is 15.7 Å². The van der Waals surface area contributed by atoms with Gasteiger partial charge in [0, 0.05) is 24.9 Å². The minimum absolute atomic E-state index is 0.0979. The zero-order valence-electron chi connectivity index (χ0n) is 12.1. The van der Waals surface area contributed by atoms with Crippen LogP contribution in [0.4, 0.5) is 5.69 Å². The topological polar surface area (TPSA) is 88.1 Å². The number of hydrogen-bond acceptors (Lipinski definition) is 5.